The van der Waals surface area contributed by atoms with Gasteiger partial charge in [0.15, 0.2) is 0 Å². The molecule has 2 heterocycles. The van der Waals surface area contributed by atoms with Crippen LogP contribution in [0.25, 0.3) is 10.9 Å². The molecule has 192 valence electrons. The van der Waals surface area contributed by atoms with Gasteiger partial charge in [-0.05, 0) is 75.2 Å². The number of nitriles is 1. The molecule has 3 aromatic rings. The SMILES string of the molecule is CN1CCCC(COc2cc3nccc(Oc4ccc(NC(=O)NC5CC5)c(CI)c4)c3cc2C#N)C1. The second kappa shape index (κ2) is 11.5. The Kier molecular flexibility index (Phi) is 7.96. The standard InChI is InChI=1S/C28H30IN5O3/c1-34-10-2-3-18(16-34)17-36-27-13-25-23(12-20(27)15-30)26(8-9-31-25)37-22-6-7-24(19(11-22)14-29)33-28(35)32-21-4-5-21/h6-9,11-13,18,21H,2-5,10,14,16-17H2,1H3,(H2,32,33,35). The lowest BCUT2D eigenvalue weighted by Gasteiger charge is -2.29. The van der Waals surface area contributed by atoms with Crippen molar-refractivity contribution in [2.24, 2.45) is 5.92 Å². The molecule has 0 bridgehead atoms. The van der Waals surface area contributed by atoms with Gasteiger partial charge in [0.25, 0.3) is 0 Å². The Balaban J connectivity index is 1.34. The van der Waals surface area contributed by atoms with Gasteiger partial charge < -0.3 is 25.0 Å². The first-order valence-electron chi connectivity index (χ1n) is 12.6. The summed E-state index contributed by atoms with van der Waals surface area (Å²) in [6.45, 7) is 2.71. The van der Waals surface area contributed by atoms with Crippen LogP contribution in [0, 0.1) is 17.2 Å². The topological polar surface area (TPSA) is 99.5 Å². The number of halogens is 1. The monoisotopic (exact) mass is 611 g/mol. The van der Waals surface area contributed by atoms with E-state index < -0.39 is 0 Å². The quantitative estimate of drug-likeness (QED) is 0.246. The lowest BCUT2D eigenvalue weighted by Crippen LogP contribution is -2.34. The van der Waals surface area contributed by atoms with E-state index in [0.29, 0.717) is 51.3 Å². The van der Waals surface area contributed by atoms with Gasteiger partial charge in [-0.25, -0.2) is 4.79 Å². The number of anilines is 1. The van der Waals surface area contributed by atoms with Crippen LogP contribution in [0.5, 0.6) is 17.2 Å². The number of pyridine rings is 1. The van der Waals surface area contributed by atoms with Gasteiger partial charge in [0, 0.05) is 46.3 Å². The van der Waals surface area contributed by atoms with Crippen LogP contribution in [-0.4, -0.2) is 48.7 Å². The van der Waals surface area contributed by atoms with Crippen LogP contribution in [0.15, 0.2) is 42.6 Å². The van der Waals surface area contributed by atoms with Gasteiger partial charge in [-0.15, -0.1) is 0 Å². The minimum Gasteiger partial charge on any atom is -0.492 e. The van der Waals surface area contributed by atoms with Gasteiger partial charge in [0.1, 0.15) is 23.3 Å². The molecule has 1 saturated carbocycles. The Morgan fingerprint density at radius 3 is 2.84 bits per heavy atom. The third kappa shape index (κ3) is 6.43. The lowest BCUT2D eigenvalue weighted by molar-refractivity contribution is 0.150. The predicted octanol–water partition coefficient (Wildman–Crippen LogP) is 5.84. The summed E-state index contributed by atoms with van der Waals surface area (Å²) in [6.07, 6.45) is 6.08. The molecule has 2 aliphatic rings. The summed E-state index contributed by atoms with van der Waals surface area (Å²) in [5, 5.41) is 16.5. The summed E-state index contributed by atoms with van der Waals surface area (Å²) >= 11 is 2.27. The zero-order valence-corrected chi connectivity index (χ0v) is 23.0. The Bertz CT molecular complexity index is 1340. The average Bonchev–Trinajstić information content (AvgIpc) is 3.72. The number of urea groups is 1. The number of fused-ring (bicyclic) bond motifs is 1. The predicted molar refractivity (Wildman–Crippen MR) is 152 cm³/mol. The Labute approximate surface area is 230 Å². The Hall–Kier alpha value is -3.10. The van der Waals surface area contributed by atoms with Crippen molar-refractivity contribution in [3.63, 3.8) is 0 Å². The van der Waals surface area contributed by atoms with Gasteiger partial charge in [0.2, 0.25) is 0 Å². The fourth-order valence-corrected chi connectivity index (χ4v) is 5.26. The number of nitrogens with zero attached hydrogens (tertiary/aromatic N) is 3. The first-order valence-corrected chi connectivity index (χ1v) is 14.1. The van der Waals surface area contributed by atoms with E-state index in [2.05, 4.69) is 56.2 Å². The molecule has 0 spiro atoms. The number of amides is 2. The summed E-state index contributed by atoms with van der Waals surface area (Å²) in [5.74, 6) is 2.26. The van der Waals surface area contributed by atoms with E-state index in [1.165, 1.54) is 6.42 Å². The zero-order valence-electron chi connectivity index (χ0n) is 20.8. The van der Waals surface area contributed by atoms with Gasteiger partial charge in [0.05, 0.1) is 17.7 Å². The van der Waals surface area contributed by atoms with Crippen molar-refractivity contribution in [2.45, 2.75) is 36.2 Å². The third-order valence-electron chi connectivity index (χ3n) is 6.73. The van der Waals surface area contributed by atoms with Crippen LogP contribution in [0.1, 0.15) is 36.8 Å². The van der Waals surface area contributed by atoms with Gasteiger partial charge >= 0.3 is 6.03 Å². The summed E-state index contributed by atoms with van der Waals surface area (Å²) < 4.78 is 13.1. The highest BCUT2D eigenvalue weighted by molar-refractivity contribution is 14.1. The Morgan fingerprint density at radius 2 is 2.08 bits per heavy atom. The van der Waals surface area contributed by atoms with Crippen LogP contribution in [0.3, 0.4) is 0 Å². The van der Waals surface area contributed by atoms with E-state index >= 15 is 0 Å². The first kappa shape index (κ1) is 25.5. The molecule has 5 rings (SSSR count). The molecule has 1 aromatic heterocycles. The number of hydrogen-bond donors (Lipinski definition) is 2. The molecule has 1 atom stereocenters. The fourth-order valence-electron chi connectivity index (χ4n) is 4.63. The van der Waals surface area contributed by atoms with Crippen molar-refractivity contribution >= 4 is 45.2 Å². The van der Waals surface area contributed by atoms with Crippen molar-refractivity contribution in [1.29, 1.82) is 5.26 Å². The molecule has 1 aliphatic heterocycles. The van der Waals surface area contributed by atoms with Crippen LogP contribution in [0.4, 0.5) is 10.5 Å². The number of nitrogens with one attached hydrogen (secondary N) is 2. The van der Waals surface area contributed by atoms with E-state index in [9.17, 15) is 10.1 Å². The largest absolute Gasteiger partial charge is 0.492 e. The van der Waals surface area contributed by atoms with Crippen molar-refractivity contribution in [2.75, 3.05) is 32.1 Å². The molecule has 9 heteroatoms. The van der Waals surface area contributed by atoms with Crippen molar-refractivity contribution < 1.29 is 14.3 Å². The van der Waals surface area contributed by atoms with Crippen LogP contribution in [-0.2, 0) is 4.43 Å². The number of aromatic nitrogens is 1. The first-order chi connectivity index (χ1) is 18.0. The number of ether oxygens (including phenoxy) is 2. The highest BCUT2D eigenvalue weighted by Crippen LogP contribution is 2.35. The molecule has 2 aromatic carbocycles. The number of rotatable bonds is 8. The molecule has 37 heavy (non-hydrogen) atoms. The van der Waals surface area contributed by atoms with Crippen molar-refractivity contribution in [3.05, 3.63) is 53.7 Å². The number of piperidine rings is 1. The molecule has 1 aliphatic carbocycles. The van der Waals surface area contributed by atoms with Crippen molar-refractivity contribution in [3.8, 4) is 23.3 Å². The van der Waals surface area contributed by atoms with Crippen molar-refractivity contribution in [1.82, 2.24) is 15.2 Å². The molecular weight excluding hydrogens is 581 g/mol. The maximum absolute atomic E-state index is 12.2. The minimum absolute atomic E-state index is 0.181. The number of hydrogen-bond acceptors (Lipinski definition) is 6. The number of likely N-dealkylation sites (tertiary alicyclic amines) is 1. The second-order valence-electron chi connectivity index (χ2n) is 9.80. The molecule has 2 N–H and O–H groups in total. The van der Waals surface area contributed by atoms with Crippen LogP contribution < -0.4 is 20.1 Å². The zero-order chi connectivity index (χ0) is 25.8. The Morgan fingerprint density at radius 1 is 1.22 bits per heavy atom. The number of carbonyl (C=O) groups excluding carboxylic acids is 1. The van der Waals surface area contributed by atoms with Crippen LogP contribution >= 0.6 is 22.6 Å². The summed E-state index contributed by atoms with van der Waals surface area (Å²) in [4.78, 5) is 19.0. The van der Waals surface area contributed by atoms with E-state index in [4.69, 9.17) is 9.47 Å². The number of alkyl halides is 1. The molecule has 2 amide bonds. The second-order valence-corrected chi connectivity index (χ2v) is 10.6. The van der Waals surface area contributed by atoms with E-state index in [1.807, 2.05) is 24.3 Å². The van der Waals surface area contributed by atoms with E-state index in [-0.39, 0.29) is 6.03 Å². The van der Waals surface area contributed by atoms with Gasteiger partial charge in [-0.2, -0.15) is 5.26 Å². The van der Waals surface area contributed by atoms with E-state index in [0.717, 1.165) is 49.0 Å². The van der Waals surface area contributed by atoms with E-state index in [1.54, 1.807) is 18.3 Å². The highest BCUT2D eigenvalue weighted by atomic mass is 127. The number of benzene rings is 2. The third-order valence-corrected chi connectivity index (χ3v) is 7.55. The molecule has 8 nitrogen and oxygen atoms in total. The molecular formula is C28H30IN5O3. The molecule has 2 fully saturated rings. The maximum atomic E-state index is 12.2. The maximum Gasteiger partial charge on any atom is 0.319 e. The summed E-state index contributed by atoms with van der Waals surface area (Å²) in [7, 11) is 2.13. The fraction of sp³-hybridized carbons (Fsp3) is 0.393. The molecule has 0 radical (unpaired) electrons. The summed E-state index contributed by atoms with van der Waals surface area (Å²) in [6, 6.07) is 13.4. The van der Waals surface area contributed by atoms with Crippen LogP contribution in [0.2, 0.25) is 0 Å². The van der Waals surface area contributed by atoms with Gasteiger partial charge in [-0.3, -0.25) is 4.98 Å². The molecule has 1 saturated heterocycles. The minimum atomic E-state index is -0.181. The normalized spacial score (nSPS) is 17.7. The summed E-state index contributed by atoms with van der Waals surface area (Å²) in [5.41, 5.74) is 2.89. The molecule has 1 unspecified atom stereocenters. The van der Waals surface area contributed by atoms with Gasteiger partial charge in [-0.1, -0.05) is 22.6 Å². The smallest absolute Gasteiger partial charge is 0.319 e. The number of carbonyl (C=O) groups is 1. The average molecular weight is 611 g/mol. The lowest BCUT2D eigenvalue weighted by atomic mass is 9.99. The highest BCUT2D eigenvalue weighted by Gasteiger charge is 2.23.